The average Bonchev–Trinajstić information content (AvgIpc) is 2.83. The summed E-state index contributed by atoms with van der Waals surface area (Å²) in [6, 6.07) is 0. The van der Waals surface area contributed by atoms with E-state index in [9.17, 15) is 4.79 Å². The lowest BCUT2D eigenvalue weighted by molar-refractivity contribution is -0.127. The van der Waals surface area contributed by atoms with E-state index in [1.165, 1.54) is 11.3 Å². The maximum atomic E-state index is 11.7. The predicted molar refractivity (Wildman–Crippen MR) is 104 cm³/mol. The Kier molecular flexibility index (Phi) is 8.18. The predicted octanol–water partition coefficient (Wildman–Crippen LogP) is 2.16. The minimum atomic E-state index is 0.217. The van der Waals surface area contributed by atoms with E-state index in [2.05, 4.69) is 46.7 Å². The van der Waals surface area contributed by atoms with Gasteiger partial charge in [-0.2, -0.15) is 0 Å². The molecule has 0 radical (unpaired) electrons. The number of aromatic nitrogens is 1. The second-order valence-corrected chi connectivity index (χ2v) is 7.75. The van der Waals surface area contributed by atoms with E-state index in [1.807, 2.05) is 0 Å². The molecule has 0 unspecified atom stereocenters. The van der Waals surface area contributed by atoms with E-state index < -0.39 is 0 Å². The number of hydrogen-bond acceptors (Lipinski definition) is 4. The van der Waals surface area contributed by atoms with Crippen LogP contribution in [0.3, 0.4) is 0 Å². The summed E-state index contributed by atoms with van der Waals surface area (Å²) in [5.41, 5.74) is 1.13. The van der Waals surface area contributed by atoms with Crippen LogP contribution in [0, 0.1) is 19.8 Å². The number of rotatable bonds is 9. The number of carbonyl (C=O) groups is 1. The highest BCUT2D eigenvalue weighted by atomic mass is 32.1. The number of guanidine groups is 1. The van der Waals surface area contributed by atoms with Gasteiger partial charge in [-0.15, -0.1) is 11.3 Å². The Morgan fingerprint density at radius 2 is 2.04 bits per heavy atom. The van der Waals surface area contributed by atoms with E-state index in [-0.39, 0.29) is 11.8 Å². The van der Waals surface area contributed by atoms with Gasteiger partial charge in [0.15, 0.2) is 5.96 Å². The summed E-state index contributed by atoms with van der Waals surface area (Å²) in [6.07, 6.45) is 5.06. The van der Waals surface area contributed by atoms with Gasteiger partial charge in [-0.3, -0.25) is 9.79 Å². The molecule has 0 atom stereocenters. The Balaban J connectivity index is 1.64. The summed E-state index contributed by atoms with van der Waals surface area (Å²) in [4.78, 5) is 22.2. The van der Waals surface area contributed by atoms with Crippen LogP contribution >= 0.6 is 11.3 Å². The molecule has 1 aliphatic rings. The normalized spacial score (nSPS) is 14.9. The molecule has 1 saturated carbocycles. The third-order valence-corrected chi connectivity index (χ3v) is 5.56. The van der Waals surface area contributed by atoms with Crippen LogP contribution in [0.2, 0.25) is 0 Å². The number of aryl methyl sites for hydroxylation is 2. The molecule has 6 nitrogen and oxygen atoms in total. The van der Waals surface area contributed by atoms with Crippen molar-refractivity contribution in [2.45, 2.75) is 52.9 Å². The highest BCUT2D eigenvalue weighted by molar-refractivity contribution is 7.11. The van der Waals surface area contributed by atoms with Crippen LogP contribution in [0.5, 0.6) is 0 Å². The van der Waals surface area contributed by atoms with Gasteiger partial charge in [0.1, 0.15) is 0 Å². The van der Waals surface area contributed by atoms with Crippen LogP contribution in [-0.4, -0.2) is 43.0 Å². The van der Waals surface area contributed by atoms with Crippen molar-refractivity contribution in [1.82, 2.24) is 20.9 Å². The van der Waals surface area contributed by atoms with E-state index in [0.717, 1.165) is 55.4 Å². The molecular weight excluding hydrogens is 334 g/mol. The van der Waals surface area contributed by atoms with Crippen molar-refractivity contribution in [3.63, 3.8) is 0 Å². The summed E-state index contributed by atoms with van der Waals surface area (Å²) < 4.78 is 0. The summed E-state index contributed by atoms with van der Waals surface area (Å²) in [7, 11) is 0. The molecule has 1 fully saturated rings. The van der Waals surface area contributed by atoms with Crippen LogP contribution in [0.25, 0.3) is 0 Å². The molecule has 1 aliphatic carbocycles. The third kappa shape index (κ3) is 6.65. The molecule has 0 aliphatic heterocycles. The van der Waals surface area contributed by atoms with Crippen LogP contribution in [0.15, 0.2) is 4.99 Å². The Morgan fingerprint density at radius 1 is 1.24 bits per heavy atom. The fourth-order valence-electron chi connectivity index (χ4n) is 2.57. The molecule has 25 heavy (non-hydrogen) atoms. The molecule has 140 valence electrons. The number of aliphatic imine (C=N–C) groups is 1. The summed E-state index contributed by atoms with van der Waals surface area (Å²) in [5, 5.41) is 10.8. The third-order valence-electron chi connectivity index (χ3n) is 4.43. The van der Waals surface area contributed by atoms with Crippen LogP contribution in [0.1, 0.15) is 48.2 Å². The molecule has 1 amide bonds. The van der Waals surface area contributed by atoms with E-state index in [1.54, 1.807) is 11.3 Å². The van der Waals surface area contributed by atoms with Gasteiger partial charge < -0.3 is 16.0 Å². The maximum Gasteiger partial charge on any atom is 0.223 e. The fraction of sp³-hybridized carbons (Fsp3) is 0.722. The van der Waals surface area contributed by atoms with Gasteiger partial charge in [-0.25, -0.2) is 4.98 Å². The first kappa shape index (κ1) is 19.7. The van der Waals surface area contributed by atoms with E-state index >= 15 is 0 Å². The minimum Gasteiger partial charge on any atom is -0.357 e. The Morgan fingerprint density at radius 3 is 2.64 bits per heavy atom. The average molecular weight is 366 g/mol. The fourth-order valence-corrected chi connectivity index (χ4v) is 3.51. The lowest BCUT2D eigenvalue weighted by atomic mass is 9.85. The molecule has 1 aromatic rings. The van der Waals surface area contributed by atoms with Crippen molar-refractivity contribution in [2.24, 2.45) is 10.9 Å². The molecule has 0 aromatic carbocycles. The maximum absolute atomic E-state index is 11.7. The number of hydrogen-bond donors (Lipinski definition) is 3. The van der Waals surface area contributed by atoms with Gasteiger partial charge >= 0.3 is 0 Å². The van der Waals surface area contributed by atoms with Crippen molar-refractivity contribution in [3.05, 3.63) is 15.6 Å². The first-order valence-corrected chi connectivity index (χ1v) is 10.1. The van der Waals surface area contributed by atoms with Crippen LogP contribution in [0.4, 0.5) is 0 Å². The van der Waals surface area contributed by atoms with Gasteiger partial charge in [0.25, 0.3) is 0 Å². The molecule has 7 heteroatoms. The lowest BCUT2D eigenvalue weighted by Gasteiger charge is -2.23. The number of carbonyl (C=O) groups excluding carboxylic acids is 1. The molecule has 1 aromatic heterocycles. The Hall–Kier alpha value is -1.63. The second kappa shape index (κ2) is 10.4. The van der Waals surface area contributed by atoms with Gasteiger partial charge in [0, 0.05) is 43.4 Å². The van der Waals surface area contributed by atoms with Gasteiger partial charge in [0.2, 0.25) is 5.91 Å². The molecule has 0 saturated heterocycles. The number of thiazole rings is 1. The summed E-state index contributed by atoms with van der Waals surface area (Å²) >= 11 is 1.76. The second-order valence-electron chi connectivity index (χ2n) is 6.46. The molecule has 3 N–H and O–H groups in total. The van der Waals surface area contributed by atoms with Crippen molar-refractivity contribution in [1.29, 1.82) is 0 Å². The smallest absolute Gasteiger partial charge is 0.223 e. The Labute approximate surface area is 154 Å². The molecule has 1 heterocycles. The number of nitrogens with one attached hydrogen (secondary N) is 3. The van der Waals surface area contributed by atoms with E-state index in [0.29, 0.717) is 13.1 Å². The van der Waals surface area contributed by atoms with Gasteiger partial charge in [-0.05, 0) is 40.0 Å². The quantitative estimate of drug-likeness (QED) is 0.356. The van der Waals surface area contributed by atoms with Crippen molar-refractivity contribution < 1.29 is 4.79 Å². The summed E-state index contributed by atoms with van der Waals surface area (Å²) in [6.45, 7) is 9.28. The molecule has 2 rings (SSSR count). The highest BCUT2D eigenvalue weighted by Crippen LogP contribution is 2.26. The monoisotopic (exact) mass is 365 g/mol. The van der Waals surface area contributed by atoms with Gasteiger partial charge in [-0.1, -0.05) is 6.42 Å². The molecule has 0 bridgehead atoms. The standard InChI is InChI=1S/C18H31N5OS/c1-4-19-18(22-12-9-16-23-13(2)14(3)25-16)21-11-6-10-20-17(24)15-7-5-8-15/h15H,4-12H2,1-3H3,(H,20,24)(H2,19,21,22). The lowest BCUT2D eigenvalue weighted by Crippen LogP contribution is -2.38. The zero-order chi connectivity index (χ0) is 18.1. The minimum absolute atomic E-state index is 0.217. The topological polar surface area (TPSA) is 78.4 Å². The highest BCUT2D eigenvalue weighted by Gasteiger charge is 2.24. The van der Waals surface area contributed by atoms with Crippen molar-refractivity contribution >= 4 is 23.2 Å². The van der Waals surface area contributed by atoms with Crippen molar-refractivity contribution in [3.8, 4) is 0 Å². The van der Waals surface area contributed by atoms with Crippen molar-refractivity contribution in [2.75, 3.05) is 26.2 Å². The zero-order valence-electron chi connectivity index (χ0n) is 15.7. The van der Waals surface area contributed by atoms with Crippen LogP contribution < -0.4 is 16.0 Å². The van der Waals surface area contributed by atoms with E-state index in [4.69, 9.17) is 0 Å². The molecule has 0 spiro atoms. The molecular formula is C18H31N5OS. The first-order valence-electron chi connectivity index (χ1n) is 9.33. The Bertz CT molecular complexity index is 561. The SMILES string of the molecule is CCNC(=NCCCNC(=O)C1CCC1)NCCc1nc(C)c(C)s1. The first-order chi connectivity index (χ1) is 12.1. The van der Waals surface area contributed by atoms with Crippen LogP contribution in [-0.2, 0) is 11.2 Å². The number of nitrogens with zero attached hydrogens (tertiary/aromatic N) is 2. The zero-order valence-corrected chi connectivity index (χ0v) is 16.5. The van der Waals surface area contributed by atoms with Gasteiger partial charge in [0.05, 0.1) is 10.7 Å². The largest absolute Gasteiger partial charge is 0.357 e. The summed E-state index contributed by atoms with van der Waals surface area (Å²) in [5.74, 6) is 1.31. The number of amides is 1.